The van der Waals surface area contributed by atoms with Gasteiger partial charge in [-0.05, 0) is 13.3 Å². The van der Waals surface area contributed by atoms with Crippen molar-refractivity contribution in [2.24, 2.45) is 5.73 Å². The van der Waals surface area contributed by atoms with E-state index in [0.717, 1.165) is 0 Å². The number of carboxylic acids is 1. The minimum Gasteiger partial charge on any atom is -0.480 e. The summed E-state index contributed by atoms with van der Waals surface area (Å²) in [6.45, 7) is 2.00. The van der Waals surface area contributed by atoms with Gasteiger partial charge in [-0.25, -0.2) is 9.59 Å². The van der Waals surface area contributed by atoms with E-state index in [1.54, 1.807) is 6.92 Å². The SMILES string of the molecule is CC1CN(C(=O)N[C@@H](CCC(N)=O)C(=O)O)CC(CO)O1. The summed E-state index contributed by atoms with van der Waals surface area (Å²) in [7, 11) is 0. The van der Waals surface area contributed by atoms with Crippen LogP contribution in [0.4, 0.5) is 4.79 Å². The number of ether oxygens (including phenoxy) is 1. The summed E-state index contributed by atoms with van der Waals surface area (Å²) in [5, 5.41) is 20.5. The molecule has 1 fully saturated rings. The van der Waals surface area contributed by atoms with Gasteiger partial charge in [0, 0.05) is 13.0 Å². The Morgan fingerprint density at radius 1 is 1.43 bits per heavy atom. The lowest BCUT2D eigenvalue weighted by molar-refractivity contribution is -0.139. The first-order chi connectivity index (χ1) is 9.83. The summed E-state index contributed by atoms with van der Waals surface area (Å²) in [5.74, 6) is -1.86. The molecule has 21 heavy (non-hydrogen) atoms. The molecule has 3 amide bonds. The summed E-state index contributed by atoms with van der Waals surface area (Å²) in [6.07, 6.45) is -0.945. The highest BCUT2D eigenvalue weighted by molar-refractivity contribution is 5.83. The number of nitrogens with two attached hydrogens (primary N) is 1. The molecule has 1 heterocycles. The second kappa shape index (κ2) is 7.79. The fourth-order valence-electron chi connectivity index (χ4n) is 2.10. The van der Waals surface area contributed by atoms with Crippen molar-refractivity contribution >= 4 is 17.9 Å². The Kier molecular flexibility index (Phi) is 6.38. The van der Waals surface area contributed by atoms with Gasteiger partial charge in [-0.3, -0.25) is 4.79 Å². The van der Waals surface area contributed by atoms with E-state index in [0.29, 0.717) is 6.54 Å². The molecule has 9 heteroatoms. The largest absolute Gasteiger partial charge is 0.480 e. The molecule has 5 N–H and O–H groups in total. The molecule has 1 aliphatic heterocycles. The number of morpholine rings is 1. The molecule has 2 unspecified atom stereocenters. The van der Waals surface area contributed by atoms with Gasteiger partial charge >= 0.3 is 12.0 Å². The third-order valence-electron chi connectivity index (χ3n) is 3.09. The number of carboxylic acid groups (broad SMARTS) is 1. The molecule has 0 bridgehead atoms. The molecule has 1 rings (SSSR count). The number of aliphatic hydroxyl groups is 1. The van der Waals surface area contributed by atoms with Gasteiger partial charge in [-0.15, -0.1) is 0 Å². The smallest absolute Gasteiger partial charge is 0.326 e. The highest BCUT2D eigenvalue weighted by atomic mass is 16.5. The quantitative estimate of drug-likeness (QED) is 0.470. The Balaban J connectivity index is 2.59. The first-order valence-electron chi connectivity index (χ1n) is 6.66. The number of carbonyl (C=O) groups is 3. The van der Waals surface area contributed by atoms with Gasteiger partial charge < -0.3 is 30.9 Å². The molecule has 120 valence electrons. The van der Waals surface area contributed by atoms with Crippen LogP contribution in [0.1, 0.15) is 19.8 Å². The van der Waals surface area contributed by atoms with Crippen LogP contribution >= 0.6 is 0 Å². The first kappa shape index (κ1) is 17.2. The van der Waals surface area contributed by atoms with Crippen molar-refractivity contribution in [2.45, 2.75) is 38.0 Å². The van der Waals surface area contributed by atoms with Crippen molar-refractivity contribution in [3.63, 3.8) is 0 Å². The molecule has 3 atom stereocenters. The Hall–Kier alpha value is -1.87. The molecular formula is C12H21N3O6. The summed E-state index contributed by atoms with van der Waals surface area (Å²) >= 11 is 0. The maximum Gasteiger partial charge on any atom is 0.326 e. The topological polar surface area (TPSA) is 142 Å². The third kappa shape index (κ3) is 5.56. The van der Waals surface area contributed by atoms with Crippen LogP contribution < -0.4 is 11.1 Å². The number of hydrogen-bond donors (Lipinski definition) is 4. The van der Waals surface area contributed by atoms with Gasteiger partial charge in [0.2, 0.25) is 5.91 Å². The molecule has 0 radical (unpaired) electrons. The number of primary amides is 1. The zero-order valence-corrected chi connectivity index (χ0v) is 11.8. The number of rotatable bonds is 6. The van der Waals surface area contributed by atoms with Crippen molar-refractivity contribution in [2.75, 3.05) is 19.7 Å². The monoisotopic (exact) mass is 303 g/mol. The van der Waals surface area contributed by atoms with E-state index in [1.807, 2.05) is 0 Å². The van der Waals surface area contributed by atoms with Crippen LogP contribution in [0.25, 0.3) is 0 Å². The third-order valence-corrected chi connectivity index (χ3v) is 3.09. The Bertz CT molecular complexity index is 402. The van der Waals surface area contributed by atoms with Crippen LogP contribution in [0.3, 0.4) is 0 Å². The van der Waals surface area contributed by atoms with Crippen molar-refractivity contribution in [3.05, 3.63) is 0 Å². The van der Waals surface area contributed by atoms with E-state index in [-0.39, 0.29) is 32.1 Å². The molecule has 0 saturated carbocycles. The lowest BCUT2D eigenvalue weighted by atomic mass is 10.1. The van der Waals surface area contributed by atoms with E-state index in [9.17, 15) is 14.4 Å². The number of aliphatic hydroxyl groups excluding tert-OH is 1. The zero-order valence-electron chi connectivity index (χ0n) is 11.8. The standard InChI is InChI=1S/C12H21N3O6/c1-7-4-15(5-8(6-16)21-7)12(20)14-9(11(18)19)2-3-10(13)17/h7-9,16H,2-6H2,1H3,(H2,13,17)(H,14,20)(H,18,19)/t7?,8?,9-/m0/s1. The highest BCUT2D eigenvalue weighted by Crippen LogP contribution is 2.11. The molecule has 1 aliphatic rings. The molecule has 0 aromatic rings. The van der Waals surface area contributed by atoms with Crippen molar-refractivity contribution in [1.29, 1.82) is 0 Å². The van der Waals surface area contributed by atoms with Gasteiger partial charge in [0.1, 0.15) is 6.04 Å². The predicted molar refractivity (Wildman–Crippen MR) is 71.4 cm³/mol. The Labute approximate surface area is 122 Å². The van der Waals surface area contributed by atoms with Crippen molar-refractivity contribution in [3.8, 4) is 0 Å². The molecular weight excluding hydrogens is 282 g/mol. The number of amides is 3. The second-order valence-electron chi connectivity index (χ2n) is 5.00. The molecule has 9 nitrogen and oxygen atoms in total. The number of aliphatic carboxylic acids is 1. The van der Waals surface area contributed by atoms with Gasteiger partial charge in [-0.1, -0.05) is 0 Å². The normalized spacial score (nSPS) is 23.4. The van der Waals surface area contributed by atoms with Gasteiger partial charge in [0.15, 0.2) is 0 Å². The van der Waals surface area contributed by atoms with Gasteiger partial charge in [0.05, 0.1) is 25.4 Å². The number of nitrogens with zero attached hydrogens (tertiary/aromatic N) is 1. The number of carbonyl (C=O) groups excluding carboxylic acids is 2. The fourth-order valence-corrected chi connectivity index (χ4v) is 2.10. The molecule has 0 spiro atoms. The predicted octanol–water partition coefficient (Wildman–Crippen LogP) is -1.50. The van der Waals surface area contributed by atoms with E-state index in [4.69, 9.17) is 20.7 Å². The van der Waals surface area contributed by atoms with Gasteiger partial charge in [-0.2, -0.15) is 0 Å². The van der Waals surface area contributed by atoms with Crippen LogP contribution in [0.5, 0.6) is 0 Å². The maximum absolute atomic E-state index is 12.1. The minimum atomic E-state index is -1.23. The van der Waals surface area contributed by atoms with Crippen molar-refractivity contribution in [1.82, 2.24) is 10.2 Å². The highest BCUT2D eigenvalue weighted by Gasteiger charge is 2.30. The number of urea groups is 1. The first-order valence-corrected chi connectivity index (χ1v) is 6.66. The molecule has 0 aromatic heterocycles. The lowest BCUT2D eigenvalue weighted by Crippen LogP contribution is -2.56. The van der Waals surface area contributed by atoms with Crippen molar-refractivity contribution < 1.29 is 29.3 Å². The fraction of sp³-hybridized carbons (Fsp3) is 0.750. The van der Waals surface area contributed by atoms with Crippen LogP contribution in [0.2, 0.25) is 0 Å². The van der Waals surface area contributed by atoms with E-state index < -0.39 is 30.1 Å². The van der Waals surface area contributed by atoms with Crippen LogP contribution in [0.15, 0.2) is 0 Å². The molecule has 0 aliphatic carbocycles. The lowest BCUT2D eigenvalue weighted by Gasteiger charge is -2.36. The average Bonchev–Trinajstić information content (AvgIpc) is 2.41. The molecule has 0 aromatic carbocycles. The van der Waals surface area contributed by atoms with Crippen LogP contribution in [-0.2, 0) is 14.3 Å². The maximum atomic E-state index is 12.1. The summed E-state index contributed by atoms with van der Waals surface area (Å²) in [6, 6.07) is -1.75. The summed E-state index contributed by atoms with van der Waals surface area (Å²) < 4.78 is 5.40. The summed E-state index contributed by atoms with van der Waals surface area (Å²) in [4.78, 5) is 35.2. The Morgan fingerprint density at radius 2 is 2.10 bits per heavy atom. The van der Waals surface area contributed by atoms with Crippen LogP contribution in [-0.4, -0.2) is 71.0 Å². The average molecular weight is 303 g/mol. The van der Waals surface area contributed by atoms with Crippen LogP contribution in [0, 0.1) is 0 Å². The minimum absolute atomic E-state index is 0.0697. The second-order valence-corrected chi connectivity index (χ2v) is 5.00. The zero-order chi connectivity index (χ0) is 16.0. The number of hydrogen-bond acceptors (Lipinski definition) is 5. The number of nitrogens with one attached hydrogen (secondary N) is 1. The van der Waals surface area contributed by atoms with E-state index in [1.165, 1.54) is 4.90 Å². The molecule has 1 saturated heterocycles. The van der Waals surface area contributed by atoms with E-state index >= 15 is 0 Å². The Morgan fingerprint density at radius 3 is 2.62 bits per heavy atom. The summed E-state index contributed by atoms with van der Waals surface area (Å²) in [5.41, 5.74) is 4.97. The van der Waals surface area contributed by atoms with Gasteiger partial charge in [0.25, 0.3) is 0 Å². The van der Waals surface area contributed by atoms with E-state index in [2.05, 4.69) is 5.32 Å².